The monoisotopic (exact) mass is 236 g/mol. The molecular weight excluding hydrogens is 220 g/mol. The van der Waals surface area contributed by atoms with E-state index in [0.717, 1.165) is 19.4 Å². The molecule has 92 valence electrons. The molecule has 2 unspecified atom stereocenters. The third-order valence-electron chi connectivity index (χ3n) is 3.01. The van der Waals surface area contributed by atoms with Gasteiger partial charge in [0.1, 0.15) is 5.69 Å². The lowest BCUT2D eigenvalue weighted by Gasteiger charge is -2.20. The number of hydrogen-bond donors (Lipinski definition) is 1. The first kappa shape index (κ1) is 11.9. The number of hydrogen-bond acceptors (Lipinski definition) is 4. The van der Waals surface area contributed by atoms with Crippen LogP contribution >= 0.6 is 0 Å². The number of anilines is 1. The molecule has 0 aromatic heterocycles. The van der Waals surface area contributed by atoms with Crippen LogP contribution in [0.4, 0.5) is 11.4 Å². The zero-order valence-electron chi connectivity index (χ0n) is 9.76. The number of nitro benzene ring substituents is 1. The zero-order chi connectivity index (χ0) is 12.3. The summed E-state index contributed by atoms with van der Waals surface area (Å²) in [5, 5.41) is 14.0. The van der Waals surface area contributed by atoms with Gasteiger partial charge < -0.3 is 10.1 Å². The van der Waals surface area contributed by atoms with Gasteiger partial charge in [-0.1, -0.05) is 12.1 Å². The summed E-state index contributed by atoms with van der Waals surface area (Å²) in [7, 11) is 0. The summed E-state index contributed by atoms with van der Waals surface area (Å²) >= 11 is 0. The SMILES string of the molecule is CC(Nc1ccccc1[N+](=O)[O-])C1CCCO1. The van der Waals surface area contributed by atoms with Gasteiger partial charge in [-0.15, -0.1) is 0 Å². The normalized spacial score (nSPS) is 21.1. The van der Waals surface area contributed by atoms with Crippen molar-refractivity contribution >= 4 is 11.4 Å². The summed E-state index contributed by atoms with van der Waals surface area (Å²) in [6.07, 6.45) is 2.22. The Bertz CT molecular complexity index is 402. The average molecular weight is 236 g/mol. The third-order valence-corrected chi connectivity index (χ3v) is 3.01. The Kier molecular flexibility index (Phi) is 3.58. The number of benzene rings is 1. The van der Waals surface area contributed by atoms with E-state index >= 15 is 0 Å². The molecule has 1 fully saturated rings. The first-order valence-corrected chi connectivity index (χ1v) is 5.80. The molecule has 1 N–H and O–H groups in total. The zero-order valence-corrected chi connectivity index (χ0v) is 9.76. The van der Waals surface area contributed by atoms with Crippen molar-refractivity contribution in [1.29, 1.82) is 0 Å². The van der Waals surface area contributed by atoms with Crippen LogP contribution in [0.3, 0.4) is 0 Å². The topological polar surface area (TPSA) is 64.4 Å². The second-order valence-corrected chi connectivity index (χ2v) is 4.26. The van der Waals surface area contributed by atoms with E-state index < -0.39 is 0 Å². The van der Waals surface area contributed by atoms with Crippen LogP contribution in [-0.2, 0) is 4.74 Å². The first-order valence-electron chi connectivity index (χ1n) is 5.80. The van der Waals surface area contributed by atoms with E-state index in [-0.39, 0.29) is 22.8 Å². The molecule has 1 aromatic rings. The minimum atomic E-state index is -0.370. The van der Waals surface area contributed by atoms with E-state index in [1.165, 1.54) is 6.07 Å². The lowest BCUT2D eigenvalue weighted by molar-refractivity contribution is -0.384. The van der Waals surface area contributed by atoms with Crippen molar-refractivity contribution in [3.63, 3.8) is 0 Å². The molecule has 5 nitrogen and oxygen atoms in total. The molecule has 1 aliphatic heterocycles. The summed E-state index contributed by atoms with van der Waals surface area (Å²) in [6, 6.07) is 6.77. The van der Waals surface area contributed by atoms with Crippen molar-refractivity contribution < 1.29 is 9.66 Å². The van der Waals surface area contributed by atoms with Crippen LogP contribution in [0.15, 0.2) is 24.3 Å². The maximum Gasteiger partial charge on any atom is 0.292 e. The van der Waals surface area contributed by atoms with Crippen LogP contribution in [0.25, 0.3) is 0 Å². The van der Waals surface area contributed by atoms with Gasteiger partial charge >= 0.3 is 0 Å². The van der Waals surface area contributed by atoms with E-state index in [1.54, 1.807) is 18.2 Å². The van der Waals surface area contributed by atoms with Crippen molar-refractivity contribution in [2.45, 2.75) is 31.9 Å². The van der Waals surface area contributed by atoms with Crippen LogP contribution in [0, 0.1) is 10.1 Å². The highest BCUT2D eigenvalue weighted by molar-refractivity contribution is 5.61. The van der Waals surface area contributed by atoms with Gasteiger partial charge in [0.05, 0.1) is 11.0 Å². The van der Waals surface area contributed by atoms with Crippen molar-refractivity contribution in [3.05, 3.63) is 34.4 Å². The maximum atomic E-state index is 10.9. The van der Waals surface area contributed by atoms with Crippen molar-refractivity contribution in [3.8, 4) is 0 Å². The van der Waals surface area contributed by atoms with Crippen LogP contribution in [0.5, 0.6) is 0 Å². The van der Waals surface area contributed by atoms with Gasteiger partial charge in [0.2, 0.25) is 0 Å². The summed E-state index contributed by atoms with van der Waals surface area (Å²) in [4.78, 5) is 10.5. The minimum absolute atomic E-state index is 0.0820. The van der Waals surface area contributed by atoms with Gasteiger partial charge in [0.25, 0.3) is 5.69 Å². The summed E-state index contributed by atoms with van der Waals surface area (Å²) in [5.74, 6) is 0. The van der Waals surface area contributed by atoms with Crippen molar-refractivity contribution in [2.24, 2.45) is 0 Å². The molecule has 1 aliphatic rings. The van der Waals surface area contributed by atoms with E-state index in [4.69, 9.17) is 4.74 Å². The van der Waals surface area contributed by atoms with Gasteiger partial charge in [-0.05, 0) is 25.8 Å². The van der Waals surface area contributed by atoms with E-state index in [2.05, 4.69) is 5.32 Å². The number of rotatable bonds is 4. The first-order chi connectivity index (χ1) is 8.18. The van der Waals surface area contributed by atoms with Gasteiger partial charge in [-0.25, -0.2) is 0 Å². The highest BCUT2D eigenvalue weighted by atomic mass is 16.6. The molecule has 1 saturated heterocycles. The maximum absolute atomic E-state index is 10.9. The Morgan fingerprint density at radius 3 is 2.94 bits per heavy atom. The van der Waals surface area contributed by atoms with E-state index in [1.807, 2.05) is 6.92 Å². The lowest BCUT2D eigenvalue weighted by atomic mass is 10.1. The Morgan fingerprint density at radius 1 is 1.53 bits per heavy atom. The van der Waals surface area contributed by atoms with Crippen LogP contribution in [-0.4, -0.2) is 23.7 Å². The lowest BCUT2D eigenvalue weighted by Crippen LogP contribution is -2.30. The smallest absolute Gasteiger partial charge is 0.292 e. The summed E-state index contributed by atoms with van der Waals surface area (Å²) in [5.41, 5.74) is 0.665. The molecule has 0 spiro atoms. The average Bonchev–Trinajstić information content (AvgIpc) is 2.83. The number of nitro groups is 1. The molecule has 5 heteroatoms. The third kappa shape index (κ3) is 2.74. The quantitative estimate of drug-likeness (QED) is 0.644. The largest absolute Gasteiger partial charge is 0.376 e. The molecule has 0 saturated carbocycles. The molecule has 0 amide bonds. The summed E-state index contributed by atoms with van der Waals surface area (Å²) in [6.45, 7) is 2.78. The number of ether oxygens (including phenoxy) is 1. The fraction of sp³-hybridized carbons (Fsp3) is 0.500. The molecular formula is C12H16N2O3. The van der Waals surface area contributed by atoms with Gasteiger partial charge in [0, 0.05) is 18.7 Å². The highest BCUT2D eigenvalue weighted by Crippen LogP contribution is 2.26. The molecule has 0 radical (unpaired) electrons. The standard InChI is InChI=1S/C12H16N2O3/c1-9(12-7-4-8-17-12)13-10-5-2-3-6-11(10)14(15)16/h2-3,5-6,9,12-13H,4,7-8H2,1H3. The molecule has 17 heavy (non-hydrogen) atoms. The van der Waals surface area contributed by atoms with Crippen molar-refractivity contribution in [2.75, 3.05) is 11.9 Å². The van der Waals surface area contributed by atoms with E-state index in [9.17, 15) is 10.1 Å². The Labute approximate surface area is 99.9 Å². The van der Waals surface area contributed by atoms with Crippen LogP contribution < -0.4 is 5.32 Å². The fourth-order valence-electron chi connectivity index (χ4n) is 2.09. The number of nitrogens with one attached hydrogen (secondary N) is 1. The van der Waals surface area contributed by atoms with Crippen LogP contribution in [0.1, 0.15) is 19.8 Å². The van der Waals surface area contributed by atoms with Gasteiger partial charge in [-0.3, -0.25) is 10.1 Å². The Balaban J connectivity index is 2.09. The Morgan fingerprint density at radius 2 is 2.29 bits per heavy atom. The van der Waals surface area contributed by atoms with Gasteiger partial charge in [0.15, 0.2) is 0 Å². The number of nitrogens with zero attached hydrogens (tertiary/aromatic N) is 1. The molecule has 1 heterocycles. The predicted molar refractivity (Wildman–Crippen MR) is 65.2 cm³/mol. The second kappa shape index (κ2) is 5.14. The van der Waals surface area contributed by atoms with Gasteiger partial charge in [-0.2, -0.15) is 0 Å². The second-order valence-electron chi connectivity index (χ2n) is 4.26. The molecule has 1 aromatic carbocycles. The molecule has 2 rings (SSSR count). The molecule has 0 aliphatic carbocycles. The summed E-state index contributed by atoms with van der Waals surface area (Å²) < 4.78 is 5.55. The van der Waals surface area contributed by atoms with Crippen LogP contribution in [0.2, 0.25) is 0 Å². The number of para-hydroxylation sites is 2. The molecule has 0 bridgehead atoms. The fourth-order valence-corrected chi connectivity index (χ4v) is 2.09. The predicted octanol–water partition coefficient (Wildman–Crippen LogP) is 2.57. The van der Waals surface area contributed by atoms with Crippen molar-refractivity contribution in [1.82, 2.24) is 0 Å². The van der Waals surface area contributed by atoms with E-state index in [0.29, 0.717) is 5.69 Å². The molecule has 2 atom stereocenters. The Hall–Kier alpha value is -1.62. The highest BCUT2D eigenvalue weighted by Gasteiger charge is 2.24. The minimum Gasteiger partial charge on any atom is -0.376 e.